The molecule has 2 rings (SSSR count). The van der Waals surface area contributed by atoms with Gasteiger partial charge in [0.1, 0.15) is 4.47 Å². The van der Waals surface area contributed by atoms with Gasteiger partial charge in [0.15, 0.2) is 0 Å². The number of nitrogens with one attached hydrogen (secondary N) is 1. The smallest absolute Gasteiger partial charge is 0.283 e. The molecule has 2 heterocycles. The second kappa shape index (κ2) is 5.91. The second-order valence-corrected chi connectivity index (χ2v) is 6.05. The first-order valence-electron chi connectivity index (χ1n) is 5.82. The predicted octanol–water partition coefficient (Wildman–Crippen LogP) is 2.33. The first-order chi connectivity index (χ1) is 8.22. The fourth-order valence-corrected chi connectivity index (χ4v) is 3.38. The maximum absolute atomic E-state index is 12.0. The van der Waals surface area contributed by atoms with Crippen LogP contribution in [0.3, 0.4) is 0 Å². The molecule has 0 saturated carbocycles. The molecule has 0 spiro atoms. The van der Waals surface area contributed by atoms with Gasteiger partial charge in [-0.05, 0) is 34.5 Å². The Hall–Kier alpha value is -0.490. The largest absolute Gasteiger partial charge is 0.379 e. The summed E-state index contributed by atoms with van der Waals surface area (Å²) in [6.45, 7) is 2.70. The summed E-state index contributed by atoms with van der Waals surface area (Å²) in [4.78, 5) is 12.0. The molecule has 4 nitrogen and oxygen atoms in total. The highest BCUT2D eigenvalue weighted by Gasteiger charge is 2.17. The van der Waals surface area contributed by atoms with Crippen LogP contribution in [0.25, 0.3) is 0 Å². The Morgan fingerprint density at radius 3 is 3.18 bits per heavy atom. The van der Waals surface area contributed by atoms with Crippen molar-refractivity contribution >= 4 is 33.4 Å². The minimum Gasteiger partial charge on any atom is -0.379 e. The van der Waals surface area contributed by atoms with E-state index in [4.69, 9.17) is 0 Å². The Morgan fingerprint density at radius 2 is 2.53 bits per heavy atom. The lowest BCUT2D eigenvalue weighted by atomic mass is 10.2. The lowest BCUT2D eigenvalue weighted by molar-refractivity contribution is 0.565. The van der Waals surface area contributed by atoms with Crippen LogP contribution in [0.15, 0.2) is 15.5 Å². The van der Waals surface area contributed by atoms with Gasteiger partial charge in [0, 0.05) is 18.3 Å². The Morgan fingerprint density at radius 1 is 1.71 bits per heavy atom. The van der Waals surface area contributed by atoms with Gasteiger partial charge in [0.25, 0.3) is 5.56 Å². The zero-order chi connectivity index (χ0) is 12.3. The summed E-state index contributed by atoms with van der Waals surface area (Å²) >= 11 is 5.31. The van der Waals surface area contributed by atoms with Crippen molar-refractivity contribution in [1.29, 1.82) is 0 Å². The molecular formula is C11H16BrN3OS. The summed E-state index contributed by atoms with van der Waals surface area (Å²) in [5.41, 5.74) is 0.761. The third-order valence-electron chi connectivity index (χ3n) is 2.71. The molecule has 1 aromatic heterocycles. The van der Waals surface area contributed by atoms with Crippen LogP contribution in [0.4, 0.5) is 5.69 Å². The zero-order valence-electron chi connectivity index (χ0n) is 9.78. The first-order valence-corrected chi connectivity index (χ1v) is 7.77. The SMILES string of the molecule is CCCn1ncc(NC2CCSC2)c(Br)c1=O. The molecule has 17 heavy (non-hydrogen) atoms. The van der Waals surface area contributed by atoms with E-state index >= 15 is 0 Å². The van der Waals surface area contributed by atoms with Crippen molar-refractivity contribution in [1.82, 2.24) is 9.78 Å². The first kappa shape index (κ1) is 13.0. The zero-order valence-corrected chi connectivity index (χ0v) is 12.2. The van der Waals surface area contributed by atoms with Crippen molar-refractivity contribution in [2.75, 3.05) is 16.8 Å². The van der Waals surface area contributed by atoms with Gasteiger partial charge in [0.2, 0.25) is 0 Å². The lowest BCUT2D eigenvalue weighted by Crippen LogP contribution is -2.26. The van der Waals surface area contributed by atoms with Crippen molar-refractivity contribution in [3.63, 3.8) is 0 Å². The standard InChI is InChI=1S/C11H16BrN3OS/c1-2-4-15-11(16)10(12)9(6-13-15)14-8-3-5-17-7-8/h6,8,14H,2-5,7H2,1H3. The topological polar surface area (TPSA) is 46.9 Å². The summed E-state index contributed by atoms with van der Waals surface area (Å²) in [7, 11) is 0. The number of anilines is 1. The number of nitrogens with zero attached hydrogens (tertiary/aromatic N) is 2. The fraction of sp³-hybridized carbons (Fsp3) is 0.636. The highest BCUT2D eigenvalue weighted by atomic mass is 79.9. The van der Waals surface area contributed by atoms with Crippen LogP contribution >= 0.6 is 27.7 Å². The number of rotatable bonds is 4. The Balaban J connectivity index is 2.18. The molecule has 1 fully saturated rings. The van der Waals surface area contributed by atoms with E-state index in [9.17, 15) is 4.79 Å². The highest BCUT2D eigenvalue weighted by Crippen LogP contribution is 2.23. The normalized spacial score (nSPS) is 19.5. The van der Waals surface area contributed by atoms with E-state index < -0.39 is 0 Å². The molecule has 1 atom stereocenters. The van der Waals surface area contributed by atoms with Gasteiger partial charge in [-0.25, -0.2) is 4.68 Å². The number of aryl methyl sites for hydroxylation is 1. The Labute approximate surface area is 113 Å². The number of halogens is 1. The van der Waals surface area contributed by atoms with Crippen LogP contribution in [0.1, 0.15) is 19.8 Å². The van der Waals surface area contributed by atoms with E-state index in [0.717, 1.165) is 24.3 Å². The predicted molar refractivity (Wildman–Crippen MR) is 75.8 cm³/mol. The molecule has 0 radical (unpaired) electrons. The van der Waals surface area contributed by atoms with Crippen molar-refractivity contribution in [3.05, 3.63) is 21.0 Å². The molecule has 0 bridgehead atoms. The third kappa shape index (κ3) is 3.04. The summed E-state index contributed by atoms with van der Waals surface area (Å²) < 4.78 is 2.09. The van der Waals surface area contributed by atoms with E-state index in [-0.39, 0.29) is 5.56 Å². The van der Waals surface area contributed by atoms with Crippen LogP contribution in [-0.2, 0) is 6.54 Å². The van der Waals surface area contributed by atoms with Gasteiger partial charge >= 0.3 is 0 Å². The van der Waals surface area contributed by atoms with E-state index in [2.05, 4.69) is 26.3 Å². The molecule has 94 valence electrons. The molecule has 1 saturated heterocycles. The summed E-state index contributed by atoms with van der Waals surface area (Å²) in [5.74, 6) is 2.29. The molecule has 1 aliphatic heterocycles. The molecule has 1 aliphatic rings. The van der Waals surface area contributed by atoms with Gasteiger partial charge in [-0.1, -0.05) is 6.92 Å². The molecule has 1 unspecified atom stereocenters. The highest BCUT2D eigenvalue weighted by molar-refractivity contribution is 9.10. The van der Waals surface area contributed by atoms with E-state index in [1.807, 2.05) is 18.7 Å². The van der Waals surface area contributed by atoms with Crippen LogP contribution in [-0.4, -0.2) is 27.3 Å². The molecule has 1 N–H and O–H groups in total. The summed E-state index contributed by atoms with van der Waals surface area (Å²) in [5, 5.41) is 7.55. The van der Waals surface area contributed by atoms with Crippen molar-refractivity contribution in [2.45, 2.75) is 32.4 Å². The molecular weight excluding hydrogens is 302 g/mol. The minimum atomic E-state index is -0.0532. The quantitative estimate of drug-likeness (QED) is 0.926. The van der Waals surface area contributed by atoms with Crippen molar-refractivity contribution in [3.8, 4) is 0 Å². The number of hydrogen-bond donors (Lipinski definition) is 1. The molecule has 0 amide bonds. The Bertz CT molecular complexity index is 443. The van der Waals surface area contributed by atoms with E-state index in [1.165, 1.54) is 10.4 Å². The molecule has 0 aliphatic carbocycles. The number of aromatic nitrogens is 2. The number of thioether (sulfide) groups is 1. The van der Waals surface area contributed by atoms with Gasteiger partial charge in [-0.2, -0.15) is 16.9 Å². The average molecular weight is 318 g/mol. The third-order valence-corrected chi connectivity index (χ3v) is 4.64. The maximum atomic E-state index is 12.0. The Kier molecular flexibility index (Phi) is 4.50. The van der Waals surface area contributed by atoms with E-state index in [1.54, 1.807) is 6.20 Å². The summed E-state index contributed by atoms with van der Waals surface area (Å²) in [6.07, 6.45) is 3.80. The van der Waals surface area contributed by atoms with Gasteiger partial charge in [-0.15, -0.1) is 0 Å². The van der Waals surface area contributed by atoms with Gasteiger partial charge < -0.3 is 5.32 Å². The molecule has 6 heteroatoms. The minimum absolute atomic E-state index is 0.0532. The monoisotopic (exact) mass is 317 g/mol. The van der Waals surface area contributed by atoms with Crippen LogP contribution in [0, 0.1) is 0 Å². The average Bonchev–Trinajstić information content (AvgIpc) is 2.82. The van der Waals surface area contributed by atoms with Gasteiger partial charge in [0.05, 0.1) is 11.9 Å². The molecule has 1 aromatic rings. The van der Waals surface area contributed by atoms with Crippen molar-refractivity contribution < 1.29 is 0 Å². The maximum Gasteiger partial charge on any atom is 0.283 e. The fourth-order valence-electron chi connectivity index (χ4n) is 1.81. The summed E-state index contributed by atoms with van der Waals surface area (Å²) in [6, 6.07) is 0.458. The lowest BCUT2D eigenvalue weighted by Gasteiger charge is -2.14. The van der Waals surface area contributed by atoms with Crippen LogP contribution in [0.2, 0.25) is 0 Å². The second-order valence-electron chi connectivity index (χ2n) is 4.11. The van der Waals surface area contributed by atoms with E-state index in [0.29, 0.717) is 17.1 Å². The molecule has 0 aromatic carbocycles. The van der Waals surface area contributed by atoms with Crippen LogP contribution in [0.5, 0.6) is 0 Å². The van der Waals surface area contributed by atoms with Crippen molar-refractivity contribution in [2.24, 2.45) is 0 Å². The van der Waals surface area contributed by atoms with Crippen LogP contribution < -0.4 is 10.9 Å². The van der Waals surface area contributed by atoms with Gasteiger partial charge in [-0.3, -0.25) is 4.79 Å². The number of hydrogen-bond acceptors (Lipinski definition) is 4.